The van der Waals surface area contributed by atoms with Crippen LogP contribution in [0.2, 0.25) is 0 Å². The molecule has 1 N–H and O–H groups in total. The fourth-order valence-electron chi connectivity index (χ4n) is 1.75. The molecule has 84 valence electrons. The van der Waals surface area contributed by atoms with Gasteiger partial charge in [-0.15, -0.1) is 0 Å². The molecule has 2 aromatic rings. The van der Waals surface area contributed by atoms with Gasteiger partial charge in [0.1, 0.15) is 17.4 Å². The highest BCUT2D eigenvalue weighted by Gasteiger charge is 2.08. The summed E-state index contributed by atoms with van der Waals surface area (Å²) in [4.78, 5) is 15.3. The first kappa shape index (κ1) is 10.7. The Balaban J connectivity index is 2.39. The molecule has 1 aromatic carbocycles. The number of carbonyl (C=O) groups excluding carboxylic acids is 1. The summed E-state index contributed by atoms with van der Waals surface area (Å²) >= 11 is 0. The number of Topliss-reactive ketones (excluding diaryl/α,β-unsaturated/α-hetero) is 1. The highest BCUT2D eigenvalue weighted by atomic mass is 16.3. The smallest absolute Gasteiger partial charge is 0.130 e. The van der Waals surface area contributed by atoms with Crippen molar-refractivity contribution in [3.8, 4) is 5.75 Å². The predicted molar refractivity (Wildman–Crippen MR) is 61.4 cm³/mol. The lowest BCUT2D eigenvalue weighted by Gasteiger charge is -2.00. The van der Waals surface area contributed by atoms with Gasteiger partial charge < -0.3 is 14.5 Å². The summed E-state index contributed by atoms with van der Waals surface area (Å²) in [5.74, 6) is 1.24. The van der Waals surface area contributed by atoms with Crippen LogP contribution in [0.25, 0.3) is 11.0 Å². The standard InChI is InChI=1S/C12H14N2O2/c1-8(15)3-6-12-13-10-7-9(16)4-5-11(10)14(12)2/h4-5,7,16H,3,6H2,1-2H3. The number of nitrogens with zero attached hydrogens (tertiary/aromatic N) is 2. The number of benzene rings is 1. The van der Waals surface area contributed by atoms with Crippen LogP contribution in [0, 0.1) is 0 Å². The Bertz CT molecular complexity index is 543. The van der Waals surface area contributed by atoms with E-state index in [-0.39, 0.29) is 11.5 Å². The summed E-state index contributed by atoms with van der Waals surface area (Å²) in [7, 11) is 1.92. The Morgan fingerprint density at radius 3 is 2.94 bits per heavy atom. The number of aromatic hydroxyl groups is 1. The van der Waals surface area contributed by atoms with E-state index in [1.165, 1.54) is 0 Å². The number of hydrogen-bond acceptors (Lipinski definition) is 3. The van der Waals surface area contributed by atoms with Crippen LogP contribution in [-0.2, 0) is 18.3 Å². The average molecular weight is 218 g/mol. The lowest BCUT2D eigenvalue weighted by molar-refractivity contribution is -0.117. The second kappa shape index (κ2) is 3.96. The zero-order valence-electron chi connectivity index (χ0n) is 9.40. The minimum atomic E-state index is 0.162. The number of fused-ring (bicyclic) bond motifs is 1. The van der Waals surface area contributed by atoms with Gasteiger partial charge in [-0.1, -0.05) is 0 Å². The number of rotatable bonds is 3. The molecule has 4 nitrogen and oxygen atoms in total. The number of carbonyl (C=O) groups is 1. The molecule has 0 saturated heterocycles. The van der Waals surface area contributed by atoms with E-state index in [1.54, 1.807) is 19.1 Å². The zero-order chi connectivity index (χ0) is 11.7. The van der Waals surface area contributed by atoms with Crippen molar-refractivity contribution in [2.75, 3.05) is 0 Å². The largest absolute Gasteiger partial charge is 0.508 e. The molecular weight excluding hydrogens is 204 g/mol. The summed E-state index contributed by atoms with van der Waals surface area (Å²) in [6.07, 6.45) is 1.14. The number of ketones is 1. The van der Waals surface area contributed by atoms with Crippen LogP contribution in [0.1, 0.15) is 19.2 Å². The minimum absolute atomic E-state index is 0.162. The molecule has 16 heavy (non-hydrogen) atoms. The Labute approximate surface area is 93.5 Å². The number of phenolic OH excluding ortho intramolecular Hbond substituents is 1. The molecule has 0 bridgehead atoms. The summed E-state index contributed by atoms with van der Waals surface area (Å²) < 4.78 is 1.96. The van der Waals surface area contributed by atoms with E-state index in [2.05, 4.69) is 4.98 Å². The Hall–Kier alpha value is -1.84. The summed E-state index contributed by atoms with van der Waals surface area (Å²) in [5.41, 5.74) is 1.73. The molecule has 0 atom stereocenters. The van der Waals surface area contributed by atoms with Crippen molar-refractivity contribution >= 4 is 16.8 Å². The van der Waals surface area contributed by atoms with E-state index in [4.69, 9.17) is 0 Å². The van der Waals surface area contributed by atoms with Crippen molar-refractivity contribution in [2.24, 2.45) is 7.05 Å². The fraction of sp³-hybridized carbons (Fsp3) is 0.333. The molecule has 0 saturated carbocycles. The van der Waals surface area contributed by atoms with Crippen LogP contribution < -0.4 is 0 Å². The van der Waals surface area contributed by atoms with Crippen molar-refractivity contribution in [1.29, 1.82) is 0 Å². The maximum atomic E-state index is 10.9. The molecule has 1 aromatic heterocycles. The first-order valence-electron chi connectivity index (χ1n) is 5.21. The SMILES string of the molecule is CC(=O)CCc1nc2cc(O)ccc2n1C. The van der Waals surface area contributed by atoms with Gasteiger partial charge in [-0.3, -0.25) is 0 Å². The van der Waals surface area contributed by atoms with Crippen LogP contribution in [-0.4, -0.2) is 20.4 Å². The van der Waals surface area contributed by atoms with Gasteiger partial charge in [0.25, 0.3) is 0 Å². The van der Waals surface area contributed by atoms with E-state index in [9.17, 15) is 9.90 Å². The molecule has 1 heterocycles. The van der Waals surface area contributed by atoms with Crippen LogP contribution in [0.15, 0.2) is 18.2 Å². The molecule has 2 rings (SSSR count). The third kappa shape index (κ3) is 1.91. The molecule has 4 heteroatoms. The van der Waals surface area contributed by atoms with Crippen molar-refractivity contribution in [2.45, 2.75) is 19.8 Å². The van der Waals surface area contributed by atoms with Crippen molar-refractivity contribution in [3.63, 3.8) is 0 Å². The third-order valence-electron chi connectivity index (χ3n) is 2.66. The summed E-state index contributed by atoms with van der Waals surface area (Å²) in [6, 6.07) is 5.10. The number of hydrogen-bond donors (Lipinski definition) is 1. The molecule has 0 aliphatic rings. The van der Waals surface area contributed by atoms with Crippen LogP contribution >= 0.6 is 0 Å². The number of aromatic nitrogens is 2. The Kier molecular flexibility index (Phi) is 2.64. The van der Waals surface area contributed by atoms with Gasteiger partial charge in [0.2, 0.25) is 0 Å². The second-order valence-electron chi connectivity index (χ2n) is 3.96. The van der Waals surface area contributed by atoms with Crippen molar-refractivity contribution in [3.05, 3.63) is 24.0 Å². The summed E-state index contributed by atoms with van der Waals surface area (Å²) in [5, 5.41) is 9.35. The fourth-order valence-corrected chi connectivity index (χ4v) is 1.75. The number of aryl methyl sites for hydroxylation is 2. The first-order valence-corrected chi connectivity index (χ1v) is 5.21. The Morgan fingerprint density at radius 2 is 2.25 bits per heavy atom. The van der Waals surface area contributed by atoms with Gasteiger partial charge in [-0.25, -0.2) is 4.98 Å². The maximum Gasteiger partial charge on any atom is 0.130 e. The zero-order valence-corrected chi connectivity index (χ0v) is 9.40. The monoisotopic (exact) mass is 218 g/mol. The van der Waals surface area contributed by atoms with E-state index < -0.39 is 0 Å². The molecule has 0 aliphatic carbocycles. The van der Waals surface area contributed by atoms with E-state index in [1.807, 2.05) is 17.7 Å². The van der Waals surface area contributed by atoms with Crippen LogP contribution in [0.5, 0.6) is 5.75 Å². The van der Waals surface area contributed by atoms with Gasteiger partial charge in [0.05, 0.1) is 11.0 Å². The highest BCUT2D eigenvalue weighted by molar-refractivity contribution is 5.78. The lowest BCUT2D eigenvalue weighted by Crippen LogP contribution is -2.01. The van der Waals surface area contributed by atoms with E-state index in [0.29, 0.717) is 12.8 Å². The minimum Gasteiger partial charge on any atom is -0.508 e. The maximum absolute atomic E-state index is 10.9. The van der Waals surface area contributed by atoms with Gasteiger partial charge in [0.15, 0.2) is 0 Å². The van der Waals surface area contributed by atoms with Gasteiger partial charge in [-0.05, 0) is 19.1 Å². The quantitative estimate of drug-likeness (QED) is 0.854. The topological polar surface area (TPSA) is 55.1 Å². The second-order valence-corrected chi connectivity index (χ2v) is 3.96. The number of phenols is 1. The molecule has 0 radical (unpaired) electrons. The van der Waals surface area contributed by atoms with Crippen LogP contribution in [0.3, 0.4) is 0 Å². The summed E-state index contributed by atoms with van der Waals surface area (Å²) in [6.45, 7) is 1.58. The van der Waals surface area contributed by atoms with Crippen molar-refractivity contribution < 1.29 is 9.90 Å². The van der Waals surface area contributed by atoms with Crippen LogP contribution in [0.4, 0.5) is 0 Å². The van der Waals surface area contributed by atoms with Gasteiger partial charge in [-0.2, -0.15) is 0 Å². The van der Waals surface area contributed by atoms with E-state index in [0.717, 1.165) is 16.9 Å². The third-order valence-corrected chi connectivity index (χ3v) is 2.66. The molecule has 0 spiro atoms. The Morgan fingerprint density at radius 1 is 1.50 bits per heavy atom. The average Bonchev–Trinajstić information content (AvgIpc) is 2.52. The molecular formula is C12H14N2O2. The molecule has 0 amide bonds. The first-order chi connectivity index (χ1) is 7.58. The van der Waals surface area contributed by atoms with E-state index >= 15 is 0 Å². The molecule has 0 unspecified atom stereocenters. The highest BCUT2D eigenvalue weighted by Crippen LogP contribution is 2.20. The molecule has 0 aliphatic heterocycles. The lowest BCUT2D eigenvalue weighted by atomic mass is 10.2. The number of imidazole rings is 1. The van der Waals surface area contributed by atoms with Gasteiger partial charge >= 0.3 is 0 Å². The predicted octanol–water partition coefficient (Wildman–Crippen LogP) is 1.80. The van der Waals surface area contributed by atoms with Crippen molar-refractivity contribution in [1.82, 2.24) is 9.55 Å². The van der Waals surface area contributed by atoms with Gasteiger partial charge in [0, 0.05) is 26.0 Å². The normalized spacial score (nSPS) is 10.9. The molecule has 0 fully saturated rings.